The van der Waals surface area contributed by atoms with Crippen molar-refractivity contribution in [2.24, 2.45) is 4.99 Å². The van der Waals surface area contributed by atoms with Gasteiger partial charge >= 0.3 is 0 Å². The van der Waals surface area contributed by atoms with E-state index in [0.717, 1.165) is 6.54 Å². The van der Waals surface area contributed by atoms with Crippen LogP contribution in [0.25, 0.3) is 0 Å². The van der Waals surface area contributed by atoms with E-state index in [4.69, 9.17) is 0 Å². The molecule has 1 aliphatic rings. The Hall–Kier alpha value is -0.630. The van der Waals surface area contributed by atoms with Gasteiger partial charge in [0.25, 0.3) is 0 Å². The molecule has 1 aromatic rings. The molecule has 0 saturated carbocycles. The second kappa shape index (κ2) is 1.42. The Bertz CT molecular complexity index is 224. The zero-order chi connectivity index (χ0) is 5.40. The van der Waals surface area contributed by atoms with Crippen molar-refractivity contribution >= 4 is 17.6 Å². The molecule has 1 nitrogen and oxygen atoms in total. The molecule has 0 aromatic carbocycles. The number of aliphatic imine (C=N–C) groups is 1. The molecule has 0 radical (unpaired) electrons. The molecular weight excluding hydrogens is 118 g/mol. The smallest absolute Gasteiger partial charge is 0.0654 e. The highest BCUT2D eigenvalue weighted by molar-refractivity contribution is 7.08. The van der Waals surface area contributed by atoms with Gasteiger partial charge in [0, 0.05) is 11.8 Å². The standard InChI is InChI=1S/C6H5NS/c1-5-3-8-4-6(5)2-7-1/h1,3-4H,2H2. The second-order valence-electron chi connectivity index (χ2n) is 1.82. The summed E-state index contributed by atoms with van der Waals surface area (Å²) in [6.07, 6.45) is 1.94. The molecule has 0 unspecified atom stereocenters. The van der Waals surface area contributed by atoms with E-state index in [9.17, 15) is 0 Å². The van der Waals surface area contributed by atoms with Crippen LogP contribution in [0.3, 0.4) is 0 Å². The molecule has 2 heteroatoms. The summed E-state index contributed by atoms with van der Waals surface area (Å²) < 4.78 is 0. The van der Waals surface area contributed by atoms with E-state index in [2.05, 4.69) is 15.8 Å². The van der Waals surface area contributed by atoms with Gasteiger partial charge in [0.05, 0.1) is 6.54 Å². The maximum absolute atomic E-state index is 4.09. The molecule has 2 heterocycles. The fraction of sp³-hybridized carbons (Fsp3) is 0.167. The van der Waals surface area contributed by atoms with Crippen LogP contribution in [0, 0.1) is 0 Å². The number of fused-ring (bicyclic) bond motifs is 1. The van der Waals surface area contributed by atoms with Crippen molar-refractivity contribution in [3.8, 4) is 0 Å². The third kappa shape index (κ3) is 0.434. The summed E-state index contributed by atoms with van der Waals surface area (Å²) in [5.74, 6) is 0. The number of nitrogens with zero attached hydrogens (tertiary/aromatic N) is 1. The van der Waals surface area contributed by atoms with Crippen LogP contribution in [0.4, 0.5) is 0 Å². The summed E-state index contributed by atoms with van der Waals surface area (Å²) in [4.78, 5) is 4.09. The van der Waals surface area contributed by atoms with Gasteiger partial charge in [-0.3, -0.25) is 4.99 Å². The van der Waals surface area contributed by atoms with E-state index in [-0.39, 0.29) is 0 Å². The first-order valence-corrected chi connectivity index (χ1v) is 3.46. The van der Waals surface area contributed by atoms with Crippen molar-refractivity contribution in [2.45, 2.75) is 6.54 Å². The van der Waals surface area contributed by atoms with Gasteiger partial charge < -0.3 is 0 Å². The minimum atomic E-state index is 0.902. The predicted molar refractivity (Wildman–Crippen MR) is 35.6 cm³/mol. The van der Waals surface area contributed by atoms with E-state index in [1.165, 1.54) is 11.1 Å². The van der Waals surface area contributed by atoms with Crippen LogP contribution in [-0.2, 0) is 6.54 Å². The first-order valence-electron chi connectivity index (χ1n) is 2.52. The fourth-order valence-corrected chi connectivity index (χ4v) is 1.62. The Labute approximate surface area is 51.7 Å². The maximum atomic E-state index is 4.09. The van der Waals surface area contributed by atoms with Gasteiger partial charge in [0.2, 0.25) is 0 Å². The van der Waals surface area contributed by atoms with Crippen molar-refractivity contribution in [2.75, 3.05) is 0 Å². The molecular formula is C6H5NS. The summed E-state index contributed by atoms with van der Waals surface area (Å²) >= 11 is 1.75. The molecule has 1 aromatic heterocycles. The predicted octanol–water partition coefficient (Wildman–Crippen LogP) is 1.68. The van der Waals surface area contributed by atoms with Gasteiger partial charge in [-0.05, 0) is 16.3 Å². The quantitative estimate of drug-likeness (QED) is 0.497. The number of hydrogen-bond donors (Lipinski definition) is 0. The van der Waals surface area contributed by atoms with Crippen LogP contribution in [0.15, 0.2) is 15.8 Å². The first kappa shape index (κ1) is 4.27. The third-order valence-corrected chi connectivity index (χ3v) is 2.08. The lowest BCUT2D eigenvalue weighted by molar-refractivity contribution is 1.12. The minimum absolute atomic E-state index is 0.902. The van der Waals surface area contributed by atoms with Crippen molar-refractivity contribution in [3.63, 3.8) is 0 Å². The average Bonchev–Trinajstić information content (AvgIpc) is 2.15. The second-order valence-corrected chi connectivity index (χ2v) is 2.57. The van der Waals surface area contributed by atoms with Gasteiger partial charge in [-0.25, -0.2) is 0 Å². The lowest BCUT2D eigenvalue weighted by Crippen LogP contribution is -1.70. The van der Waals surface area contributed by atoms with Gasteiger partial charge in [-0.1, -0.05) is 0 Å². The average molecular weight is 123 g/mol. The molecule has 8 heavy (non-hydrogen) atoms. The number of hydrogen-bond acceptors (Lipinski definition) is 2. The first-order chi connectivity index (χ1) is 3.97. The zero-order valence-electron chi connectivity index (χ0n) is 4.29. The monoisotopic (exact) mass is 123 g/mol. The van der Waals surface area contributed by atoms with Crippen LogP contribution in [-0.4, -0.2) is 6.21 Å². The summed E-state index contributed by atoms with van der Waals surface area (Å²) in [5.41, 5.74) is 2.70. The molecule has 40 valence electrons. The van der Waals surface area contributed by atoms with Crippen LogP contribution in [0.1, 0.15) is 11.1 Å². The topological polar surface area (TPSA) is 12.4 Å². The molecule has 0 amide bonds. The Morgan fingerprint density at radius 2 is 2.50 bits per heavy atom. The lowest BCUT2D eigenvalue weighted by atomic mass is 10.2. The highest BCUT2D eigenvalue weighted by Gasteiger charge is 2.03. The Balaban J connectivity index is 2.67. The molecule has 0 bridgehead atoms. The fourth-order valence-electron chi connectivity index (χ4n) is 0.817. The Kier molecular flexibility index (Phi) is 0.758. The van der Waals surface area contributed by atoms with E-state index in [0.29, 0.717) is 0 Å². The van der Waals surface area contributed by atoms with Crippen LogP contribution in [0.5, 0.6) is 0 Å². The SMILES string of the molecule is C1=NCc2cscc21. The number of thiophene rings is 1. The van der Waals surface area contributed by atoms with Gasteiger partial charge in [0.1, 0.15) is 0 Å². The van der Waals surface area contributed by atoms with Crippen LogP contribution in [0.2, 0.25) is 0 Å². The molecule has 0 fully saturated rings. The maximum Gasteiger partial charge on any atom is 0.0654 e. The Morgan fingerprint density at radius 1 is 1.50 bits per heavy atom. The normalized spacial score (nSPS) is 14.5. The Morgan fingerprint density at radius 3 is 3.38 bits per heavy atom. The summed E-state index contributed by atoms with van der Waals surface area (Å²) in [6, 6.07) is 0. The zero-order valence-corrected chi connectivity index (χ0v) is 5.11. The molecule has 1 aliphatic heterocycles. The molecule has 0 N–H and O–H groups in total. The largest absolute Gasteiger partial charge is 0.288 e. The molecule has 0 atom stereocenters. The highest BCUT2D eigenvalue weighted by Crippen LogP contribution is 2.17. The van der Waals surface area contributed by atoms with E-state index >= 15 is 0 Å². The van der Waals surface area contributed by atoms with E-state index in [1.807, 2.05) is 6.21 Å². The summed E-state index contributed by atoms with van der Waals surface area (Å²) in [6.45, 7) is 0.902. The molecule has 2 rings (SSSR count). The van der Waals surface area contributed by atoms with Gasteiger partial charge in [-0.2, -0.15) is 11.3 Å². The van der Waals surface area contributed by atoms with E-state index in [1.54, 1.807) is 11.3 Å². The van der Waals surface area contributed by atoms with Crippen molar-refractivity contribution in [3.05, 3.63) is 21.9 Å². The molecule has 0 aliphatic carbocycles. The summed E-state index contributed by atoms with van der Waals surface area (Å²) in [7, 11) is 0. The molecule has 0 saturated heterocycles. The number of rotatable bonds is 0. The van der Waals surface area contributed by atoms with E-state index < -0.39 is 0 Å². The van der Waals surface area contributed by atoms with Gasteiger partial charge in [-0.15, -0.1) is 0 Å². The van der Waals surface area contributed by atoms with Gasteiger partial charge in [0.15, 0.2) is 0 Å². The van der Waals surface area contributed by atoms with Crippen molar-refractivity contribution < 1.29 is 0 Å². The van der Waals surface area contributed by atoms with Crippen LogP contribution >= 0.6 is 11.3 Å². The summed E-state index contributed by atoms with van der Waals surface area (Å²) in [5, 5.41) is 4.29. The third-order valence-electron chi connectivity index (χ3n) is 1.27. The minimum Gasteiger partial charge on any atom is -0.288 e. The van der Waals surface area contributed by atoms with Crippen molar-refractivity contribution in [1.29, 1.82) is 0 Å². The lowest BCUT2D eigenvalue weighted by Gasteiger charge is -1.77. The van der Waals surface area contributed by atoms with Crippen molar-refractivity contribution in [1.82, 2.24) is 0 Å². The van der Waals surface area contributed by atoms with Crippen LogP contribution < -0.4 is 0 Å². The highest BCUT2D eigenvalue weighted by atomic mass is 32.1. The molecule has 0 spiro atoms.